The van der Waals surface area contributed by atoms with Crippen LogP contribution in [0.1, 0.15) is 18.9 Å². The van der Waals surface area contributed by atoms with E-state index in [1.807, 2.05) is 55.0 Å². The van der Waals surface area contributed by atoms with Gasteiger partial charge in [0.05, 0.1) is 17.1 Å². The highest BCUT2D eigenvalue weighted by Gasteiger charge is 2.24. The Morgan fingerprint density at radius 2 is 2.05 bits per heavy atom. The molecule has 5 aromatic heterocycles. The first-order chi connectivity index (χ1) is 18.7. The van der Waals surface area contributed by atoms with Crippen LogP contribution in [0.2, 0.25) is 0 Å². The Hall–Kier alpha value is -4.70. The normalized spacial score (nSPS) is 18.8. The molecular formula is C28H26N10. The summed E-state index contributed by atoms with van der Waals surface area (Å²) in [6.07, 6.45) is 14.6. The lowest BCUT2D eigenvalue weighted by molar-refractivity contribution is 0.368. The van der Waals surface area contributed by atoms with Crippen LogP contribution in [-0.4, -0.2) is 53.7 Å². The maximum atomic E-state index is 5.07. The maximum absolute atomic E-state index is 5.07. The van der Waals surface area contributed by atoms with Crippen LogP contribution in [0.15, 0.2) is 73.3 Å². The Balaban J connectivity index is 1.29. The van der Waals surface area contributed by atoms with Crippen LogP contribution < -0.4 is 16.0 Å². The summed E-state index contributed by atoms with van der Waals surface area (Å²) >= 11 is 0. The van der Waals surface area contributed by atoms with Gasteiger partial charge in [-0.15, -0.1) is 5.10 Å². The lowest BCUT2D eigenvalue weighted by Gasteiger charge is -2.31. The zero-order valence-corrected chi connectivity index (χ0v) is 20.8. The number of hydrogen-bond acceptors (Lipinski definition) is 9. The van der Waals surface area contributed by atoms with Crippen molar-refractivity contribution < 1.29 is 0 Å². The summed E-state index contributed by atoms with van der Waals surface area (Å²) in [7, 11) is 0. The van der Waals surface area contributed by atoms with E-state index in [1.54, 1.807) is 10.7 Å². The van der Waals surface area contributed by atoms with E-state index in [-0.39, 0.29) is 0 Å². The van der Waals surface area contributed by atoms with Crippen molar-refractivity contribution in [2.45, 2.75) is 19.4 Å². The predicted octanol–water partition coefficient (Wildman–Crippen LogP) is 4.24. The number of nitrogens with one attached hydrogen (secondary N) is 3. The fourth-order valence-corrected chi connectivity index (χ4v) is 4.95. The van der Waals surface area contributed by atoms with Gasteiger partial charge in [-0.1, -0.05) is 31.2 Å². The second-order valence-corrected chi connectivity index (χ2v) is 9.67. The number of allylic oxidation sites excluding steroid dienone is 4. The minimum atomic E-state index is 0.310. The van der Waals surface area contributed by atoms with Crippen molar-refractivity contribution >= 4 is 39.7 Å². The largest absolute Gasteiger partial charge is 0.366 e. The van der Waals surface area contributed by atoms with Crippen molar-refractivity contribution in [1.82, 2.24) is 39.9 Å². The topological polar surface area (TPSA) is 118 Å². The molecule has 188 valence electrons. The Bertz CT molecular complexity index is 1690. The van der Waals surface area contributed by atoms with E-state index in [4.69, 9.17) is 9.97 Å². The molecule has 1 saturated heterocycles. The van der Waals surface area contributed by atoms with Crippen LogP contribution in [0.25, 0.3) is 33.5 Å². The second kappa shape index (κ2) is 9.31. The van der Waals surface area contributed by atoms with Crippen LogP contribution in [0.4, 0.5) is 17.6 Å². The number of hydrogen-bond donors (Lipinski definition) is 3. The molecule has 2 atom stereocenters. The first-order valence-electron chi connectivity index (χ1n) is 12.8. The zero-order chi connectivity index (χ0) is 25.5. The van der Waals surface area contributed by atoms with Crippen molar-refractivity contribution in [1.29, 1.82) is 0 Å². The van der Waals surface area contributed by atoms with Crippen molar-refractivity contribution in [3.05, 3.63) is 78.9 Å². The smallest absolute Gasteiger partial charge is 0.248 e. The van der Waals surface area contributed by atoms with E-state index in [2.05, 4.69) is 55.1 Å². The van der Waals surface area contributed by atoms with Crippen molar-refractivity contribution in [3.63, 3.8) is 0 Å². The summed E-state index contributed by atoms with van der Waals surface area (Å²) in [4.78, 5) is 23.5. The van der Waals surface area contributed by atoms with Gasteiger partial charge in [0.2, 0.25) is 5.95 Å². The highest BCUT2D eigenvalue weighted by Crippen LogP contribution is 2.34. The summed E-state index contributed by atoms with van der Waals surface area (Å²) in [6.45, 7) is 4.23. The van der Waals surface area contributed by atoms with E-state index in [9.17, 15) is 0 Å². The van der Waals surface area contributed by atoms with Crippen LogP contribution >= 0.6 is 0 Å². The molecule has 0 unspecified atom stereocenters. The molecule has 7 rings (SSSR count). The van der Waals surface area contributed by atoms with Crippen LogP contribution in [0.5, 0.6) is 0 Å². The molecule has 1 aliphatic heterocycles. The van der Waals surface area contributed by atoms with Gasteiger partial charge in [0, 0.05) is 35.8 Å². The molecule has 1 aliphatic carbocycles. The Labute approximate surface area is 219 Å². The molecule has 0 amide bonds. The van der Waals surface area contributed by atoms with E-state index in [0.717, 1.165) is 58.6 Å². The van der Waals surface area contributed by atoms with Crippen molar-refractivity contribution in [2.24, 2.45) is 5.92 Å². The number of aromatic nitrogens is 7. The summed E-state index contributed by atoms with van der Waals surface area (Å²) < 4.78 is 1.72. The lowest BCUT2D eigenvalue weighted by atomic mass is 9.94. The van der Waals surface area contributed by atoms with Gasteiger partial charge in [0.15, 0.2) is 11.5 Å². The molecule has 10 nitrogen and oxygen atoms in total. The van der Waals surface area contributed by atoms with Gasteiger partial charge >= 0.3 is 0 Å². The predicted molar refractivity (Wildman–Crippen MR) is 148 cm³/mol. The third-order valence-electron chi connectivity index (χ3n) is 7.08. The summed E-state index contributed by atoms with van der Waals surface area (Å²) in [5.41, 5.74) is 4.56. The third-order valence-corrected chi connectivity index (χ3v) is 7.08. The highest BCUT2D eigenvalue weighted by molar-refractivity contribution is 6.02. The zero-order valence-electron chi connectivity index (χ0n) is 20.8. The summed E-state index contributed by atoms with van der Waals surface area (Å²) in [6, 6.07) is 9.88. The number of nitrogens with zero attached hydrogens (tertiary/aromatic N) is 7. The molecule has 0 aromatic carbocycles. The molecule has 0 spiro atoms. The molecule has 0 radical (unpaired) electrons. The van der Waals surface area contributed by atoms with Gasteiger partial charge in [-0.3, -0.25) is 4.98 Å². The molecule has 3 N–H and O–H groups in total. The monoisotopic (exact) mass is 502 g/mol. The Morgan fingerprint density at radius 3 is 2.89 bits per heavy atom. The van der Waals surface area contributed by atoms with Crippen LogP contribution in [0, 0.1) is 5.92 Å². The number of fused-ring (bicyclic) bond motifs is 2. The van der Waals surface area contributed by atoms with Crippen LogP contribution in [0.3, 0.4) is 0 Å². The molecule has 38 heavy (non-hydrogen) atoms. The number of anilines is 3. The second-order valence-electron chi connectivity index (χ2n) is 9.67. The Morgan fingerprint density at radius 1 is 1.11 bits per heavy atom. The van der Waals surface area contributed by atoms with Crippen LogP contribution in [-0.2, 0) is 0 Å². The number of pyridine rings is 3. The van der Waals surface area contributed by atoms with E-state index < -0.39 is 0 Å². The van der Waals surface area contributed by atoms with Gasteiger partial charge in [0.1, 0.15) is 11.6 Å². The Kier molecular flexibility index (Phi) is 5.51. The third kappa shape index (κ3) is 4.14. The molecule has 1 fully saturated rings. The molecule has 6 heterocycles. The highest BCUT2D eigenvalue weighted by atomic mass is 15.3. The average molecular weight is 503 g/mol. The minimum Gasteiger partial charge on any atom is -0.366 e. The number of piperidine rings is 1. The number of rotatable bonds is 6. The van der Waals surface area contributed by atoms with Gasteiger partial charge in [-0.05, 0) is 55.3 Å². The van der Waals surface area contributed by atoms with Gasteiger partial charge in [-0.2, -0.15) is 4.98 Å². The molecule has 5 aromatic rings. The first kappa shape index (κ1) is 22.5. The summed E-state index contributed by atoms with van der Waals surface area (Å²) in [5, 5.41) is 15.9. The average Bonchev–Trinajstić information content (AvgIpc) is 3.31. The standard InChI is InChI=1S/C28H26N10/c1-17-14-29-10-9-21(17)32-27-25-20(18-5-4-6-18)15-30-16-22(25)33-26(36-27)19-8-11-31-23(13-19)34-28-35-24-7-2-3-12-38(24)37-28/h2-8,11-13,15-17,21,29H,9-10,14H2,1H3,(H,31,34,37)(H,32,33,36)/t17-,21-/m0/s1. The fourth-order valence-electron chi connectivity index (χ4n) is 4.95. The van der Waals surface area contributed by atoms with Crippen molar-refractivity contribution in [2.75, 3.05) is 23.7 Å². The van der Waals surface area contributed by atoms with Gasteiger partial charge in [-0.25, -0.2) is 19.5 Å². The van der Waals surface area contributed by atoms with Gasteiger partial charge in [0.25, 0.3) is 0 Å². The summed E-state index contributed by atoms with van der Waals surface area (Å²) in [5.74, 6) is 2.99. The quantitative estimate of drug-likeness (QED) is 0.313. The lowest BCUT2D eigenvalue weighted by Crippen LogP contribution is -2.42. The van der Waals surface area contributed by atoms with E-state index in [1.165, 1.54) is 0 Å². The fraction of sp³-hybridized carbons (Fsp3) is 0.214. The van der Waals surface area contributed by atoms with E-state index in [0.29, 0.717) is 29.6 Å². The van der Waals surface area contributed by atoms with E-state index >= 15 is 0 Å². The molecule has 10 heteroatoms. The molecule has 0 bridgehead atoms. The van der Waals surface area contributed by atoms with Crippen molar-refractivity contribution in [3.8, 4) is 11.4 Å². The first-order valence-corrected chi connectivity index (χ1v) is 12.8. The molecular weight excluding hydrogens is 476 g/mol. The van der Waals surface area contributed by atoms with Gasteiger partial charge < -0.3 is 16.0 Å². The molecule has 0 saturated carbocycles. The minimum absolute atomic E-state index is 0.310. The SMILES string of the molecule is C[C@H]1CNCC[C@@H]1Nc1nc(-c2ccnc(Nc3nc4ccccn4n3)c2)nc2cncc(C3=CC=C3)c12. The molecule has 2 aliphatic rings. The maximum Gasteiger partial charge on any atom is 0.248 e.